The first-order valence-corrected chi connectivity index (χ1v) is 11.7. The van der Waals surface area contributed by atoms with Crippen LogP contribution >= 0.6 is 27.5 Å². The zero-order valence-corrected chi connectivity index (χ0v) is 20.6. The number of aryl methyl sites for hydroxylation is 1. The van der Waals surface area contributed by atoms with Crippen molar-refractivity contribution in [3.63, 3.8) is 0 Å². The molecule has 0 aliphatic rings. The van der Waals surface area contributed by atoms with E-state index < -0.39 is 6.04 Å². The third-order valence-corrected chi connectivity index (χ3v) is 5.92. The molecular weight excluding hydrogens is 480 g/mol. The van der Waals surface area contributed by atoms with Gasteiger partial charge in [0.1, 0.15) is 11.8 Å². The van der Waals surface area contributed by atoms with E-state index in [0.717, 1.165) is 24.0 Å². The summed E-state index contributed by atoms with van der Waals surface area (Å²) in [5.41, 5.74) is 2.08. The highest BCUT2D eigenvalue weighted by Gasteiger charge is 2.29. The van der Waals surface area contributed by atoms with Crippen molar-refractivity contribution >= 4 is 39.3 Å². The molecule has 2 aromatic carbocycles. The molecule has 0 radical (unpaired) electrons. The molecule has 168 valence electrons. The first kappa shape index (κ1) is 25.2. The van der Waals surface area contributed by atoms with E-state index in [2.05, 4.69) is 28.2 Å². The summed E-state index contributed by atoms with van der Waals surface area (Å²) in [6, 6.07) is 12.4. The quantitative estimate of drug-likeness (QED) is 0.406. The molecule has 31 heavy (non-hydrogen) atoms. The maximum absolute atomic E-state index is 13.2. The van der Waals surface area contributed by atoms with E-state index in [9.17, 15) is 9.59 Å². The molecule has 0 aromatic heterocycles. The van der Waals surface area contributed by atoms with Gasteiger partial charge in [-0.15, -0.1) is 0 Å². The second kappa shape index (κ2) is 12.7. The molecule has 5 nitrogen and oxygen atoms in total. The van der Waals surface area contributed by atoms with Gasteiger partial charge in [0.2, 0.25) is 5.91 Å². The summed E-state index contributed by atoms with van der Waals surface area (Å²) in [6.07, 6.45) is 2.41. The molecule has 0 unspecified atom stereocenters. The summed E-state index contributed by atoms with van der Waals surface area (Å²) in [5, 5.41) is 3.53. The molecule has 0 bridgehead atoms. The number of hydrogen-bond acceptors (Lipinski definition) is 3. The Morgan fingerprint density at radius 3 is 2.58 bits per heavy atom. The fourth-order valence-corrected chi connectivity index (χ4v) is 4.01. The number of hydrogen-bond donors (Lipinski definition) is 1. The first-order chi connectivity index (χ1) is 14.9. The van der Waals surface area contributed by atoms with E-state index in [1.165, 1.54) is 0 Å². The number of unbranched alkanes of at least 4 members (excludes halogenated alkanes) is 1. The SMILES string of the molecule is CCCCNC(=O)[C@@H](CC)N(Cc1ccccc1C)C(=O)COc1ccc(Cl)cc1Br. The summed E-state index contributed by atoms with van der Waals surface area (Å²) in [4.78, 5) is 27.7. The summed E-state index contributed by atoms with van der Waals surface area (Å²) in [7, 11) is 0. The smallest absolute Gasteiger partial charge is 0.261 e. The van der Waals surface area contributed by atoms with Crippen LogP contribution in [0.3, 0.4) is 0 Å². The molecule has 2 aromatic rings. The van der Waals surface area contributed by atoms with E-state index in [4.69, 9.17) is 16.3 Å². The molecule has 2 amide bonds. The number of benzene rings is 2. The van der Waals surface area contributed by atoms with Gasteiger partial charge >= 0.3 is 0 Å². The Balaban J connectivity index is 2.21. The standard InChI is InChI=1S/C24H30BrClN2O3/c1-4-6-13-27-24(30)21(5-2)28(15-18-10-8-7-9-17(18)3)23(29)16-31-22-12-11-19(26)14-20(22)25/h7-12,14,21H,4-6,13,15-16H2,1-3H3,(H,27,30)/t21-/m1/s1. The number of amides is 2. The lowest BCUT2D eigenvalue weighted by Crippen LogP contribution is -2.50. The minimum absolute atomic E-state index is 0.134. The molecule has 0 saturated heterocycles. The number of rotatable bonds is 11. The Labute approximate surface area is 198 Å². The van der Waals surface area contributed by atoms with Crippen molar-refractivity contribution in [3.05, 3.63) is 63.1 Å². The number of carbonyl (C=O) groups excluding carboxylic acids is 2. The highest BCUT2D eigenvalue weighted by molar-refractivity contribution is 9.10. The van der Waals surface area contributed by atoms with Crippen LogP contribution in [0.25, 0.3) is 0 Å². The van der Waals surface area contributed by atoms with Crippen LogP contribution in [0, 0.1) is 6.92 Å². The fraction of sp³-hybridized carbons (Fsp3) is 0.417. The van der Waals surface area contributed by atoms with Crippen molar-refractivity contribution < 1.29 is 14.3 Å². The van der Waals surface area contributed by atoms with Crippen molar-refractivity contribution in [2.24, 2.45) is 0 Å². The fourth-order valence-electron chi connectivity index (χ4n) is 3.21. The Bertz CT molecular complexity index is 891. The van der Waals surface area contributed by atoms with Gasteiger partial charge in [-0.1, -0.05) is 56.1 Å². The molecule has 1 N–H and O–H groups in total. The van der Waals surface area contributed by atoms with E-state index in [0.29, 0.717) is 34.8 Å². The van der Waals surface area contributed by atoms with Gasteiger partial charge in [-0.3, -0.25) is 9.59 Å². The van der Waals surface area contributed by atoms with Gasteiger partial charge in [-0.25, -0.2) is 0 Å². The lowest BCUT2D eigenvalue weighted by Gasteiger charge is -2.31. The highest BCUT2D eigenvalue weighted by Crippen LogP contribution is 2.28. The summed E-state index contributed by atoms with van der Waals surface area (Å²) in [5.74, 6) is 0.141. The highest BCUT2D eigenvalue weighted by atomic mass is 79.9. The van der Waals surface area contributed by atoms with Crippen LogP contribution in [0.5, 0.6) is 5.75 Å². The van der Waals surface area contributed by atoms with Gasteiger partial charge in [0.15, 0.2) is 6.61 Å². The maximum Gasteiger partial charge on any atom is 0.261 e. The topological polar surface area (TPSA) is 58.6 Å². The molecule has 0 aliphatic heterocycles. The van der Waals surface area contributed by atoms with Gasteiger partial charge in [0.25, 0.3) is 5.91 Å². The minimum Gasteiger partial charge on any atom is -0.483 e. The third-order valence-electron chi connectivity index (χ3n) is 5.06. The summed E-state index contributed by atoms with van der Waals surface area (Å²) >= 11 is 9.38. The lowest BCUT2D eigenvalue weighted by molar-refractivity contribution is -0.143. The van der Waals surface area contributed by atoms with Gasteiger partial charge in [-0.05, 0) is 65.0 Å². The molecule has 0 fully saturated rings. The molecule has 7 heteroatoms. The van der Waals surface area contributed by atoms with Crippen LogP contribution in [0.15, 0.2) is 46.9 Å². The predicted octanol–water partition coefficient (Wildman–Crippen LogP) is 5.51. The lowest BCUT2D eigenvalue weighted by atomic mass is 10.1. The van der Waals surface area contributed by atoms with Gasteiger partial charge in [0.05, 0.1) is 4.47 Å². The van der Waals surface area contributed by atoms with E-state index in [1.807, 2.05) is 38.1 Å². The van der Waals surface area contributed by atoms with Crippen LogP contribution in [-0.4, -0.2) is 35.9 Å². The molecule has 1 atom stereocenters. The first-order valence-electron chi connectivity index (χ1n) is 10.6. The molecule has 2 rings (SSSR count). The third kappa shape index (κ3) is 7.54. The Morgan fingerprint density at radius 2 is 1.94 bits per heavy atom. The summed E-state index contributed by atoms with van der Waals surface area (Å²) < 4.78 is 6.42. The zero-order chi connectivity index (χ0) is 22.8. The number of carbonyl (C=O) groups is 2. The van der Waals surface area contributed by atoms with Crippen molar-refractivity contribution in [1.29, 1.82) is 0 Å². The van der Waals surface area contributed by atoms with E-state index >= 15 is 0 Å². The van der Waals surface area contributed by atoms with Crippen LogP contribution in [0.1, 0.15) is 44.2 Å². The van der Waals surface area contributed by atoms with Crippen molar-refractivity contribution in [3.8, 4) is 5.75 Å². The Hall–Kier alpha value is -2.05. The van der Waals surface area contributed by atoms with E-state index in [-0.39, 0.29) is 18.4 Å². The number of halogens is 2. The van der Waals surface area contributed by atoms with Crippen molar-refractivity contribution in [1.82, 2.24) is 10.2 Å². The second-order valence-corrected chi connectivity index (χ2v) is 8.67. The predicted molar refractivity (Wildman–Crippen MR) is 128 cm³/mol. The number of nitrogens with one attached hydrogen (secondary N) is 1. The molecule has 0 spiro atoms. The average Bonchev–Trinajstić information content (AvgIpc) is 2.74. The molecular formula is C24H30BrClN2O3. The number of ether oxygens (including phenoxy) is 1. The van der Waals surface area contributed by atoms with Gasteiger partial charge in [-0.2, -0.15) is 0 Å². The normalized spacial score (nSPS) is 11.6. The van der Waals surface area contributed by atoms with Crippen LogP contribution in [0.4, 0.5) is 0 Å². The van der Waals surface area contributed by atoms with Gasteiger partial charge in [0, 0.05) is 18.1 Å². The van der Waals surface area contributed by atoms with Gasteiger partial charge < -0.3 is 15.0 Å². The second-order valence-electron chi connectivity index (χ2n) is 7.38. The largest absolute Gasteiger partial charge is 0.483 e. The molecule has 0 saturated carbocycles. The van der Waals surface area contributed by atoms with E-state index in [1.54, 1.807) is 23.1 Å². The average molecular weight is 510 g/mol. The Morgan fingerprint density at radius 1 is 1.19 bits per heavy atom. The van der Waals surface area contributed by atoms with Crippen LogP contribution in [0.2, 0.25) is 5.02 Å². The summed E-state index contributed by atoms with van der Waals surface area (Å²) in [6.45, 7) is 6.76. The molecule has 0 heterocycles. The van der Waals surface area contributed by atoms with Crippen molar-refractivity contribution in [2.75, 3.05) is 13.2 Å². The maximum atomic E-state index is 13.2. The monoisotopic (exact) mass is 508 g/mol. The zero-order valence-electron chi connectivity index (χ0n) is 18.3. The minimum atomic E-state index is -0.568. The number of nitrogens with zero attached hydrogens (tertiary/aromatic N) is 1. The molecule has 0 aliphatic carbocycles. The van der Waals surface area contributed by atoms with Crippen LogP contribution in [-0.2, 0) is 16.1 Å². The Kier molecular flexibility index (Phi) is 10.3. The van der Waals surface area contributed by atoms with Crippen molar-refractivity contribution in [2.45, 2.75) is 52.6 Å². The van der Waals surface area contributed by atoms with Crippen LogP contribution < -0.4 is 10.1 Å².